The Bertz CT molecular complexity index is 1230. The Morgan fingerprint density at radius 1 is 0.919 bits per heavy atom. The summed E-state index contributed by atoms with van der Waals surface area (Å²) < 4.78 is 6.33. The van der Waals surface area contributed by atoms with Crippen LogP contribution in [0.2, 0.25) is 0 Å². The van der Waals surface area contributed by atoms with Crippen LogP contribution in [-0.2, 0) is 37.0 Å². The van der Waals surface area contributed by atoms with Gasteiger partial charge in [-0.05, 0) is 72.2 Å². The van der Waals surface area contributed by atoms with Gasteiger partial charge in [-0.25, -0.2) is 0 Å². The molecule has 0 radical (unpaired) electrons. The van der Waals surface area contributed by atoms with E-state index in [2.05, 4.69) is 57.2 Å². The lowest BCUT2D eigenvalue weighted by Crippen LogP contribution is -2.35. The van der Waals surface area contributed by atoms with Crippen molar-refractivity contribution in [2.75, 3.05) is 6.54 Å². The first-order valence-corrected chi connectivity index (χ1v) is 13.3. The van der Waals surface area contributed by atoms with Crippen LogP contribution in [0.4, 0.5) is 0 Å². The van der Waals surface area contributed by atoms with Crippen LogP contribution in [-0.4, -0.2) is 34.0 Å². The minimum Gasteiger partial charge on any atom is -0.487 e. The van der Waals surface area contributed by atoms with Gasteiger partial charge in [0, 0.05) is 24.9 Å². The highest BCUT2D eigenvalue weighted by atomic mass is 16.5. The molecule has 1 aliphatic heterocycles. The first kappa shape index (κ1) is 26.5. The number of carboxylic acid groups (broad SMARTS) is 1. The number of unbranched alkanes of at least 4 members (excludes halogenated alkanes) is 1. The second-order valence-electron chi connectivity index (χ2n) is 10.4. The Labute approximate surface area is 220 Å². The number of rotatable bonds is 11. The molecule has 1 amide bonds. The molecule has 0 fully saturated rings. The standard InChI is InChI=1S/C32H37NO4/c1-4-6-7-24-10-14-26(15-11-24)21-33(22-30(34)35)31(36)27-16-17-29-28(18-27)20-32(3,37-29)19-25-12-8-23(5-2)9-13-25/h8-18H,4-7,19-22H2,1-3H3,(H,34,35)/t32-/m1/s1. The number of carboxylic acids is 1. The number of hydrogen-bond donors (Lipinski definition) is 1. The summed E-state index contributed by atoms with van der Waals surface area (Å²) in [6.07, 6.45) is 5.77. The van der Waals surface area contributed by atoms with Gasteiger partial charge < -0.3 is 14.7 Å². The number of aryl methyl sites for hydroxylation is 2. The summed E-state index contributed by atoms with van der Waals surface area (Å²) in [6, 6.07) is 22.2. The molecule has 37 heavy (non-hydrogen) atoms. The molecule has 0 spiro atoms. The van der Waals surface area contributed by atoms with Gasteiger partial charge in [0.1, 0.15) is 17.9 Å². The third-order valence-electron chi connectivity index (χ3n) is 7.07. The fraction of sp³-hybridized carbons (Fsp3) is 0.375. The molecule has 1 atom stereocenters. The highest BCUT2D eigenvalue weighted by molar-refractivity contribution is 5.96. The number of ether oxygens (including phenoxy) is 1. The van der Waals surface area contributed by atoms with Crippen LogP contribution in [0.1, 0.15) is 71.8 Å². The van der Waals surface area contributed by atoms with Crippen LogP contribution >= 0.6 is 0 Å². The predicted octanol–water partition coefficient (Wildman–Crippen LogP) is 6.25. The predicted molar refractivity (Wildman–Crippen MR) is 146 cm³/mol. The molecule has 194 valence electrons. The number of carbonyl (C=O) groups excluding carboxylic acids is 1. The second kappa shape index (κ2) is 11.6. The van der Waals surface area contributed by atoms with Crippen molar-refractivity contribution in [3.05, 3.63) is 100 Å². The number of aliphatic carboxylic acids is 1. The van der Waals surface area contributed by atoms with Gasteiger partial charge in [-0.1, -0.05) is 68.8 Å². The highest BCUT2D eigenvalue weighted by Crippen LogP contribution is 2.37. The molecule has 5 heteroatoms. The van der Waals surface area contributed by atoms with Crippen molar-refractivity contribution in [3.63, 3.8) is 0 Å². The van der Waals surface area contributed by atoms with E-state index in [9.17, 15) is 14.7 Å². The molecule has 0 aliphatic carbocycles. The molecule has 0 aromatic heterocycles. The van der Waals surface area contributed by atoms with Crippen molar-refractivity contribution in [2.45, 2.75) is 71.4 Å². The average molecular weight is 500 g/mol. The van der Waals surface area contributed by atoms with Gasteiger partial charge in [-0.15, -0.1) is 0 Å². The normalized spacial score (nSPS) is 16.2. The maximum absolute atomic E-state index is 13.4. The molecular weight excluding hydrogens is 462 g/mol. The van der Waals surface area contributed by atoms with E-state index in [0.29, 0.717) is 12.0 Å². The average Bonchev–Trinajstić information content (AvgIpc) is 3.22. The molecule has 0 saturated heterocycles. The molecule has 4 rings (SSSR count). The Kier molecular flexibility index (Phi) is 8.32. The van der Waals surface area contributed by atoms with Crippen LogP contribution < -0.4 is 4.74 Å². The summed E-state index contributed by atoms with van der Waals surface area (Å²) in [7, 11) is 0. The highest BCUT2D eigenvalue weighted by Gasteiger charge is 2.35. The molecule has 0 unspecified atom stereocenters. The number of carbonyl (C=O) groups is 2. The molecule has 5 nitrogen and oxygen atoms in total. The van der Waals surface area contributed by atoms with Crippen LogP contribution in [0.15, 0.2) is 66.7 Å². The van der Waals surface area contributed by atoms with E-state index in [0.717, 1.165) is 49.0 Å². The molecule has 0 saturated carbocycles. The summed E-state index contributed by atoms with van der Waals surface area (Å²) in [6.45, 7) is 6.31. The van der Waals surface area contributed by atoms with E-state index in [1.807, 2.05) is 24.3 Å². The summed E-state index contributed by atoms with van der Waals surface area (Å²) in [5.41, 5.74) is 5.78. The van der Waals surface area contributed by atoms with Gasteiger partial charge in [0.2, 0.25) is 0 Å². The maximum Gasteiger partial charge on any atom is 0.323 e. The zero-order chi connectivity index (χ0) is 26.4. The Morgan fingerprint density at radius 2 is 1.57 bits per heavy atom. The second-order valence-corrected chi connectivity index (χ2v) is 10.4. The molecule has 0 bridgehead atoms. The summed E-state index contributed by atoms with van der Waals surface area (Å²) in [5.74, 6) is -0.528. The minimum absolute atomic E-state index is 0.248. The number of benzene rings is 3. The number of nitrogens with zero attached hydrogens (tertiary/aromatic N) is 1. The van der Waals surface area contributed by atoms with Crippen molar-refractivity contribution in [2.24, 2.45) is 0 Å². The summed E-state index contributed by atoms with van der Waals surface area (Å²) in [5, 5.41) is 9.48. The fourth-order valence-corrected chi connectivity index (χ4v) is 5.04. The van der Waals surface area contributed by atoms with Gasteiger partial charge in [-0.2, -0.15) is 0 Å². The van der Waals surface area contributed by atoms with Gasteiger partial charge in [0.25, 0.3) is 5.91 Å². The third kappa shape index (κ3) is 6.79. The lowest BCUT2D eigenvalue weighted by Gasteiger charge is -2.24. The molecule has 3 aromatic carbocycles. The minimum atomic E-state index is -1.03. The largest absolute Gasteiger partial charge is 0.487 e. The lowest BCUT2D eigenvalue weighted by atomic mass is 9.91. The van der Waals surface area contributed by atoms with Crippen molar-refractivity contribution < 1.29 is 19.4 Å². The topological polar surface area (TPSA) is 66.8 Å². The summed E-state index contributed by atoms with van der Waals surface area (Å²) >= 11 is 0. The Morgan fingerprint density at radius 3 is 2.22 bits per heavy atom. The number of amides is 1. The van der Waals surface area contributed by atoms with Crippen molar-refractivity contribution in [1.29, 1.82) is 0 Å². The zero-order valence-corrected chi connectivity index (χ0v) is 22.1. The van der Waals surface area contributed by atoms with Gasteiger partial charge >= 0.3 is 5.97 Å². The van der Waals surface area contributed by atoms with E-state index in [1.54, 1.807) is 6.07 Å². The van der Waals surface area contributed by atoms with Crippen LogP contribution in [0, 0.1) is 0 Å². The zero-order valence-electron chi connectivity index (χ0n) is 22.1. The van der Waals surface area contributed by atoms with Crippen molar-refractivity contribution >= 4 is 11.9 Å². The van der Waals surface area contributed by atoms with Gasteiger partial charge in [0.15, 0.2) is 0 Å². The molecule has 1 heterocycles. The fourth-order valence-electron chi connectivity index (χ4n) is 5.04. The quantitative estimate of drug-likeness (QED) is 0.338. The van der Waals surface area contributed by atoms with E-state index >= 15 is 0 Å². The first-order valence-electron chi connectivity index (χ1n) is 13.3. The van der Waals surface area contributed by atoms with E-state index in [1.165, 1.54) is 21.6 Å². The number of hydrogen-bond acceptors (Lipinski definition) is 3. The van der Waals surface area contributed by atoms with E-state index in [-0.39, 0.29) is 19.0 Å². The smallest absolute Gasteiger partial charge is 0.323 e. The third-order valence-corrected chi connectivity index (χ3v) is 7.07. The van der Waals surface area contributed by atoms with Crippen LogP contribution in [0.5, 0.6) is 5.75 Å². The van der Waals surface area contributed by atoms with Crippen molar-refractivity contribution in [3.8, 4) is 5.75 Å². The van der Waals surface area contributed by atoms with Gasteiger partial charge in [0.05, 0.1) is 0 Å². The van der Waals surface area contributed by atoms with Crippen molar-refractivity contribution in [1.82, 2.24) is 4.90 Å². The van der Waals surface area contributed by atoms with Crippen LogP contribution in [0.25, 0.3) is 0 Å². The van der Waals surface area contributed by atoms with E-state index < -0.39 is 11.6 Å². The van der Waals surface area contributed by atoms with E-state index in [4.69, 9.17) is 4.74 Å². The monoisotopic (exact) mass is 499 g/mol. The molecule has 1 aliphatic rings. The van der Waals surface area contributed by atoms with Crippen LogP contribution in [0.3, 0.4) is 0 Å². The molecular formula is C32H37NO4. The number of fused-ring (bicyclic) bond motifs is 1. The van der Waals surface area contributed by atoms with Gasteiger partial charge in [-0.3, -0.25) is 9.59 Å². The summed E-state index contributed by atoms with van der Waals surface area (Å²) in [4.78, 5) is 26.4. The molecule has 3 aromatic rings. The SMILES string of the molecule is CCCCc1ccc(CN(CC(=O)O)C(=O)c2ccc3c(c2)C[C@@](C)(Cc2ccc(CC)cc2)O3)cc1. The molecule has 1 N–H and O–H groups in total. The Hall–Kier alpha value is -3.60. The lowest BCUT2D eigenvalue weighted by molar-refractivity contribution is -0.137. The maximum atomic E-state index is 13.4. The first-order chi connectivity index (χ1) is 17.8. The Balaban J connectivity index is 1.47.